The van der Waals surface area contributed by atoms with E-state index in [4.69, 9.17) is 9.47 Å². The van der Waals surface area contributed by atoms with Gasteiger partial charge in [-0.1, -0.05) is 12.1 Å². The monoisotopic (exact) mass is 486 g/mol. The predicted molar refractivity (Wildman–Crippen MR) is 130 cm³/mol. The lowest BCUT2D eigenvalue weighted by atomic mass is 10.1. The summed E-state index contributed by atoms with van der Waals surface area (Å²) in [7, 11) is -2.69. The number of esters is 1. The van der Waals surface area contributed by atoms with Crippen LogP contribution >= 0.6 is 0 Å². The predicted octanol–water partition coefficient (Wildman–Crippen LogP) is 3.46. The van der Waals surface area contributed by atoms with Gasteiger partial charge in [0.15, 0.2) is 0 Å². The number of hydrogen-bond acceptors (Lipinski definition) is 7. The molecule has 1 atom stereocenters. The molecule has 0 saturated carbocycles. The molecule has 2 heterocycles. The Hall–Kier alpha value is -3.08. The SMILES string of the molecule is COC(=O)C(Cc1ccc(Oc2nccc3cnccc23)cc1)NS(=O)(=O)N(C(C)C)C(C)C. The van der Waals surface area contributed by atoms with Crippen LogP contribution in [0, 0.1) is 0 Å². The summed E-state index contributed by atoms with van der Waals surface area (Å²) in [4.78, 5) is 20.8. The normalized spacial score (nSPS) is 12.9. The summed E-state index contributed by atoms with van der Waals surface area (Å²) in [6.45, 7) is 7.14. The fraction of sp³-hybridized carbons (Fsp3) is 0.375. The summed E-state index contributed by atoms with van der Waals surface area (Å²) < 4.78 is 40.6. The van der Waals surface area contributed by atoms with Crippen molar-refractivity contribution in [3.8, 4) is 11.6 Å². The third kappa shape index (κ3) is 6.07. The van der Waals surface area contributed by atoms with Crippen LogP contribution in [-0.2, 0) is 26.2 Å². The van der Waals surface area contributed by atoms with Crippen LogP contribution in [0.25, 0.3) is 10.8 Å². The van der Waals surface area contributed by atoms with E-state index >= 15 is 0 Å². The number of nitrogens with zero attached hydrogens (tertiary/aromatic N) is 3. The van der Waals surface area contributed by atoms with Crippen LogP contribution in [0.3, 0.4) is 0 Å². The summed E-state index contributed by atoms with van der Waals surface area (Å²) in [5.74, 6) is 0.349. The lowest BCUT2D eigenvalue weighted by Gasteiger charge is -2.31. The first-order valence-electron chi connectivity index (χ1n) is 11.0. The van der Waals surface area contributed by atoms with E-state index in [2.05, 4.69) is 14.7 Å². The summed E-state index contributed by atoms with van der Waals surface area (Å²) >= 11 is 0. The van der Waals surface area contributed by atoms with E-state index in [-0.39, 0.29) is 18.5 Å². The minimum atomic E-state index is -3.92. The quantitative estimate of drug-likeness (QED) is 0.437. The van der Waals surface area contributed by atoms with E-state index in [1.807, 2.05) is 12.1 Å². The molecular formula is C24H30N4O5S. The molecule has 182 valence electrons. The van der Waals surface area contributed by atoms with E-state index in [1.54, 1.807) is 70.6 Å². The minimum Gasteiger partial charge on any atom is -0.468 e. The van der Waals surface area contributed by atoms with Crippen LogP contribution in [-0.4, -0.2) is 53.9 Å². The Morgan fingerprint density at radius 1 is 1.03 bits per heavy atom. The highest BCUT2D eigenvalue weighted by atomic mass is 32.2. The van der Waals surface area contributed by atoms with Crippen LogP contribution in [0.5, 0.6) is 11.6 Å². The molecule has 10 heteroatoms. The lowest BCUT2D eigenvalue weighted by Crippen LogP contribution is -2.53. The number of carbonyl (C=O) groups is 1. The topological polar surface area (TPSA) is 111 Å². The van der Waals surface area contributed by atoms with Crippen LogP contribution in [0.4, 0.5) is 0 Å². The summed E-state index contributed by atoms with van der Waals surface area (Å²) in [6, 6.07) is 9.10. The molecule has 0 aliphatic rings. The maximum absolute atomic E-state index is 13.0. The second-order valence-electron chi connectivity index (χ2n) is 8.38. The largest absolute Gasteiger partial charge is 0.468 e. The van der Waals surface area contributed by atoms with Gasteiger partial charge >= 0.3 is 5.97 Å². The average Bonchev–Trinajstić information content (AvgIpc) is 2.78. The van der Waals surface area contributed by atoms with Crippen molar-refractivity contribution in [1.29, 1.82) is 0 Å². The number of ether oxygens (including phenoxy) is 2. The number of nitrogens with one attached hydrogen (secondary N) is 1. The molecule has 3 aromatic rings. The van der Waals surface area contributed by atoms with Crippen LogP contribution in [0.1, 0.15) is 33.3 Å². The highest BCUT2D eigenvalue weighted by Crippen LogP contribution is 2.27. The van der Waals surface area contributed by atoms with Gasteiger partial charge in [0.1, 0.15) is 11.8 Å². The Morgan fingerprint density at radius 3 is 2.32 bits per heavy atom. The van der Waals surface area contributed by atoms with Gasteiger partial charge in [0, 0.05) is 41.4 Å². The van der Waals surface area contributed by atoms with Crippen molar-refractivity contribution in [3.63, 3.8) is 0 Å². The molecule has 0 fully saturated rings. The molecule has 0 amide bonds. The second-order valence-corrected chi connectivity index (χ2v) is 9.99. The zero-order valence-corrected chi connectivity index (χ0v) is 20.7. The Balaban J connectivity index is 1.77. The summed E-state index contributed by atoms with van der Waals surface area (Å²) in [5.41, 5.74) is 0.737. The van der Waals surface area contributed by atoms with Crippen LogP contribution < -0.4 is 9.46 Å². The smallest absolute Gasteiger partial charge is 0.324 e. The molecule has 1 aromatic carbocycles. The molecule has 1 N–H and O–H groups in total. The van der Waals surface area contributed by atoms with Gasteiger partial charge in [0.05, 0.1) is 7.11 Å². The molecule has 0 saturated heterocycles. The van der Waals surface area contributed by atoms with Gasteiger partial charge in [-0.15, -0.1) is 0 Å². The first kappa shape index (κ1) is 25.5. The summed E-state index contributed by atoms with van der Waals surface area (Å²) in [6.07, 6.45) is 5.18. The van der Waals surface area contributed by atoms with Gasteiger partial charge in [0.2, 0.25) is 5.88 Å². The number of methoxy groups -OCH3 is 1. The van der Waals surface area contributed by atoms with Gasteiger partial charge in [-0.2, -0.15) is 17.4 Å². The van der Waals surface area contributed by atoms with Crippen molar-refractivity contribution in [2.75, 3.05) is 7.11 Å². The van der Waals surface area contributed by atoms with Crippen LogP contribution in [0.15, 0.2) is 55.0 Å². The number of fused-ring (bicyclic) bond motifs is 1. The highest BCUT2D eigenvalue weighted by Gasteiger charge is 2.33. The number of hydrogen-bond donors (Lipinski definition) is 1. The van der Waals surface area contributed by atoms with Crippen LogP contribution in [0.2, 0.25) is 0 Å². The van der Waals surface area contributed by atoms with E-state index in [1.165, 1.54) is 11.4 Å². The molecule has 0 aliphatic heterocycles. The van der Waals surface area contributed by atoms with Crippen molar-refractivity contribution in [2.24, 2.45) is 0 Å². The molecule has 0 aliphatic carbocycles. The number of pyridine rings is 2. The highest BCUT2D eigenvalue weighted by molar-refractivity contribution is 7.87. The number of carbonyl (C=O) groups excluding carboxylic acids is 1. The van der Waals surface area contributed by atoms with E-state index in [9.17, 15) is 13.2 Å². The maximum Gasteiger partial charge on any atom is 0.324 e. The molecule has 2 aromatic heterocycles. The molecule has 3 rings (SSSR count). The Kier molecular flexibility index (Phi) is 8.19. The van der Waals surface area contributed by atoms with E-state index in [0.29, 0.717) is 11.6 Å². The zero-order valence-electron chi connectivity index (χ0n) is 19.9. The average molecular weight is 487 g/mol. The van der Waals surface area contributed by atoms with Gasteiger partial charge in [-0.05, 0) is 63.9 Å². The number of rotatable bonds is 10. The minimum absolute atomic E-state index is 0.119. The fourth-order valence-corrected chi connectivity index (χ4v) is 5.59. The Labute approximate surface area is 200 Å². The molecule has 9 nitrogen and oxygen atoms in total. The second kappa shape index (κ2) is 10.9. The van der Waals surface area contributed by atoms with Crippen molar-refractivity contribution < 1.29 is 22.7 Å². The number of aromatic nitrogens is 2. The molecule has 0 bridgehead atoms. The Bertz CT molecular complexity index is 1220. The van der Waals surface area contributed by atoms with E-state index in [0.717, 1.165) is 16.3 Å². The molecule has 0 spiro atoms. The van der Waals surface area contributed by atoms with Crippen molar-refractivity contribution in [1.82, 2.24) is 19.0 Å². The number of benzene rings is 1. The third-order valence-electron chi connectivity index (χ3n) is 5.18. The van der Waals surface area contributed by atoms with Gasteiger partial charge in [0.25, 0.3) is 10.2 Å². The zero-order chi connectivity index (χ0) is 24.9. The van der Waals surface area contributed by atoms with Crippen molar-refractivity contribution >= 4 is 27.0 Å². The molecular weight excluding hydrogens is 456 g/mol. The Morgan fingerprint density at radius 2 is 1.71 bits per heavy atom. The lowest BCUT2D eigenvalue weighted by molar-refractivity contribution is -0.142. The fourth-order valence-electron chi connectivity index (χ4n) is 3.82. The first-order chi connectivity index (χ1) is 16.1. The molecule has 0 radical (unpaired) electrons. The van der Waals surface area contributed by atoms with Crippen molar-refractivity contribution in [2.45, 2.75) is 52.2 Å². The van der Waals surface area contributed by atoms with Crippen molar-refractivity contribution in [3.05, 3.63) is 60.6 Å². The van der Waals surface area contributed by atoms with E-state index < -0.39 is 22.2 Å². The maximum atomic E-state index is 13.0. The first-order valence-corrected chi connectivity index (χ1v) is 12.4. The molecule has 34 heavy (non-hydrogen) atoms. The van der Waals surface area contributed by atoms with Gasteiger partial charge < -0.3 is 9.47 Å². The molecule has 1 unspecified atom stereocenters. The standard InChI is InChI=1S/C24H30N4O5S/c1-16(2)28(17(3)4)34(30,31)27-22(24(29)32-5)14-18-6-8-20(9-7-18)33-23-21-11-12-25-15-19(21)10-13-26-23/h6-13,15-17,22,27H,14H2,1-5H3. The van der Waals surface area contributed by atoms with Gasteiger partial charge in [-0.3, -0.25) is 9.78 Å². The van der Waals surface area contributed by atoms with Gasteiger partial charge in [-0.25, -0.2) is 4.98 Å². The summed E-state index contributed by atoms with van der Waals surface area (Å²) in [5, 5.41) is 1.75. The third-order valence-corrected chi connectivity index (χ3v) is 7.16.